The summed E-state index contributed by atoms with van der Waals surface area (Å²) < 4.78 is 40.5. The molecule has 382 valence electrons. The first-order chi connectivity index (χ1) is 32.0. The van der Waals surface area contributed by atoms with Crippen LogP contribution in [-0.2, 0) is 63.6 Å². The molecule has 68 heavy (non-hydrogen) atoms. The molecule has 2 bridgehead atoms. The Bertz CT molecular complexity index is 1890. The molecule has 1 unspecified atom stereocenters. The highest BCUT2D eigenvalue weighted by molar-refractivity contribution is 5.94. The number of carbonyl (C=O) groups excluding carboxylic acids is 7. The standard InChI is InChI=1S/C49H77N5O14/c1-27(2)24-35-44(57)54-23-15-18-36(54)45(58)53(10)37(25-31-19-21-32(63-12)22-20-31)47(60)66-30(6)38(52-48(61)68-49(7,8)9)43(56)50-34-17-14-16-33(41(34)64-13)46(59)67-39(28(3)4)40(65-26-62-11)29(5)42(55)51-35/h19-22,27-30,33-41H,14-18,23-26H2,1-13H3,(H,50,56)(H,51,55)(H,52,61)/t29-,30+,33-,34?,35-,36-,37-,38-,39-,40-,41-/m0/s1. The molecule has 0 spiro atoms. The zero-order valence-corrected chi connectivity index (χ0v) is 42.3. The van der Waals surface area contributed by atoms with Gasteiger partial charge in [0.25, 0.3) is 0 Å². The van der Waals surface area contributed by atoms with Gasteiger partial charge in [0.15, 0.2) is 0 Å². The van der Waals surface area contributed by atoms with Gasteiger partial charge in [-0.3, -0.25) is 24.0 Å². The van der Waals surface area contributed by atoms with Gasteiger partial charge < -0.3 is 58.9 Å². The number of rotatable bonds is 11. The van der Waals surface area contributed by atoms with Crippen LogP contribution in [0.5, 0.6) is 5.75 Å². The second-order valence-corrected chi connectivity index (χ2v) is 20.0. The third kappa shape index (κ3) is 14.7. The van der Waals surface area contributed by atoms with E-state index in [2.05, 4.69) is 16.0 Å². The van der Waals surface area contributed by atoms with Crippen molar-refractivity contribution in [2.75, 3.05) is 41.7 Å². The number of cyclic esters (lactones) is 2. The van der Waals surface area contributed by atoms with Crippen molar-refractivity contribution in [1.29, 1.82) is 0 Å². The van der Waals surface area contributed by atoms with Gasteiger partial charge in [0, 0.05) is 34.2 Å². The molecular weight excluding hydrogens is 883 g/mol. The van der Waals surface area contributed by atoms with Gasteiger partial charge in [0.1, 0.15) is 60.6 Å². The van der Waals surface area contributed by atoms with E-state index in [0.29, 0.717) is 37.0 Å². The highest BCUT2D eigenvalue weighted by Crippen LogP contribution is 2.32. The van der Waals surface area contributed by atoms with E-state index in [-0.39, 0.29) is 44.4 Å². The van der Waals surface area contributed by atoms with E-state index in [1.807, 2.05) is 27.7 Å². The molecule has 0 radical (unpaired) electrons. The van der Waals surface area contributed by atoms with Crippen LogP contribution in [0.25, 0.3) is 0 Å². The minimum atomic E-state index is -1.53. The summed E-state index contributed by atoms with van der Waals surface area (Å²) in [6.07, 6.45) is -3.03. The molecule has 5 amide bonds. The monoisotopic (exact) mass is 960 g/mol. The molecule has 2 heterocycles. The summed E-state index contributed by atoms with van der Waals surface area (Å²) in [4.78, 5) is 103. The first-order valence-corrected chi connectivity index (χ1v) is 23.9. The molecule has 0 aromatic heterocycles. The van der Waals surface area contributed by atoms with Gasteiger partial charge in [0.2, 0.25) is 23.6 Å². The summed E-state index contributed by atoms with van der Waals surface area (Å²) in [5, 5.41) is 8.48. The number of hydrogen-bond acceptors (Lipinski definition) is 14. The van der Waals surface area contributed by atoms with Gasteiger partial charge in [-0.05, 0) is 89.3 Å². The summed E-state index contributed by atoms with van der Waals surface area (Å²) in [6.45, 7) is 15.5. The van der Waals surface area contributed by atoms with Crippen LogP contribution >= 0.6 is 0 Å². The van der Waals surface area contributed by atoms with E-state index in [1.165, 1.54) is 45.1 Å². The number of carbonyl (C=O) groups is 7. The van der Waals surface area contributed by atoms with E-state index < -0.39 is 114 Å². The summed E-state index contributed by atoms with van der Waals surface area (Å²) >= 11 is 0. The molecule has 4 rings (SSSR count). The Morgan fingerprint density at radius 1 is 0.853 bits per heavy atom. The van der Waals surface area contributed by atoms with Crippen molar-refractivity contribution in [3.05, 3.63) is 29.8 Å². The molecular formula is C49H77N5O14. The third-order valence-electron chi connectivity index (χ3n) is 12.8. The smallest absolute Gasteiger partial charge is 0.408 e. The summed E-state index contributed by atoms with van der Waals surface area (Å²) in [6, 6.07) is 1.30. The molecule has 11 atom stereocenters. The maximum atomic E-state index is 14.7. The largest absolute Gasteiger partial charge is 0.497 e. The van der Waals surface area contributed by atoms with Crippen molar-refractivity contribution in [2.24, 2.45) is 23.7 Å². The fraction of sp³-hybridized carbons (Fsp3) is 0.735. The highest BCUT2D eigenvalue weighted by atomic mass is 16.7. The predicted octanol–water partition coefficient (Wildman–Crippen LogP) is 3.92. The van der Waals surface area contributed by atoms with Crippen LogP contribution in [0.3, 0.4) is 0 Å². The average molecular weight is 960 g/mol. The Labute approximate surface area is 401 Å². The molecule has 1 aromatic carbocycles. The number of hydrogen-bond donors (Lipinski definition) is 3. The van der Waals surface area contributed by atoms with Gasteiger partial charge in [-0.1, -0.05) is 53.2 Å². The number of alkyl carbamates (subject to hydrolysis) is 1. The number of fused-ring (bicyclic) bond motifs is 3. The van der Waals surface area contributed by atoms with E-state index in [9.17, 15) is 33.6 Å². The molecule has 19 nitrogen and oxygen atoms in total. The molecule has 2 saturated heterocycles. The number of ether oxygens (including phenoxy) is 7. The topological polar surface area (TPSA) is 227 Å². The molecule has 1 aliphatic carbocycles. The highest BCUT2D eigenvalue weighted by Gasteiger charge is 2.47. The van der Waals surface area contributed by atoms with Crippen LogP contribution in [0.15, 0.2) is 24.3 Å². The Morgan fingerprint density at radius 2 is 1.53 bits per heavy atom. The number of benzene rings is 1. The lowest BCUT2D eigenvalue weighted by Crippen LogP contribution is -2.60. The van der Waals surface area contributed by atoms with Crippen LogP contribution in [-0.4, -0.2) is 153 Å². The predicted molar refractivity (Wildman–Crippen MR) is 249 cm³/mol. The second kappa shape index (κ2) is 25.0. The minimum absolute atomic E-state index is 0.0303. The zero-order valence-electron chi connectivity index (χ0n) is 42.3. The first kappa shape index (κ1) is 55.6. The SMILES string of the molecule is COCO[C@H]1[C@H](C)C(=O)N[C@@H](CC(C)C)C(=O)N2CCC[C@H]2C(=O)N(C)[C@@H](Cc2ccc(OC)cc2)C(=O)O[C@H](C)[C@H](NC(=O)OC(C)(C)C)C(=O)NC2CCC[C@H](C(=O)O[C@H]1C(C)C)[C@@H]2OC. The third-order valence-corrected chi connectivity index (χ3v) is 12.8. The van der Waals surface area contributed by atoms with Gasteiger partial charge in [0.05, 0.1) is 31.1 Å². The molecule has 2 aliphatic heterocycles. The number of nitrogens with one attached hydrogen (secondary N) is 3. The van der Waals surface area contributed by atoms with Crippen molar-refractivity contribution in [1.82, 2.24) is 25.8 Å². The Morgan fingerprint density at radius 3 is 2.12 bits per heavy atom. The number of amides is 5. The summed E-state index contributed by atoms with van der Waals surface area (Å²) in [5.74, 6) is -5.53. The quantitative estimate of drug-likeness (QED) is 0.163. The van der Waals surface area contributed by atoms with Crippen LogP contribution in [0.1, 0.15) is 106 Å². The van der Waals surface area contributed by atoms with Crippen molar-refractivity contribution >= 4 is 41.7 Å². The average Bonchev–Trinajstić information content (AvgIpc) is 3.77. The van der Waals surface area contributed by atoms with Gasteiger partial charge in [-0.2, -0.15) is 0 Å². The lowest BCUT2D eigenvalue weighted by molar-refractivity contribution is -0.188. The normalized spacial score (nSPS) is 29.7. The Hall–Kier alpha value is -5.01. The van der Waals surface area contributed by atoms with E-state index >= 15 is 0 Å². The lowest BCUT2D eigenvalue weighted by atomic mass is 9.82. The van der Waals surface area contributed by atoms with Gasteiger partial charge in [-0.25, -0.2) is 9.59 Å². The van der Waals surface area contributed by atoms with E-state index in [1.54, 1.807) is 52.0 Å². The van der Waals surface area contributed by atoms with Gasteiger partial charge in [-0.15, -0.1) is 0 Å². The Balaban J connectivity index is 1.87. The zero-order chi connectivity index (χ0) is 50.6. The maximum absolute atomic E-state index is 14.7. The van der Waals surface area contributed by atoms with Crippen molar-refractivity contribution < 1.29 is 66.7 Å². The number of methoxy groups -OCH3 is 3. The van der Waals surface area contributed by atoms with Crippen molar-refractivity contribution in [2.45, 2.75) is 167 Å². The van der Waals surface area contributed by atoms with Crippen LogP contribution in [0, 0.1) is 23.7 Å². The second-order valence-electron chi connectivity index (χ2n) is 20.0. The number of nitrogens with zero attached hydrogens (tertiary/aromatic N) is 2. The van der Waals surface area contributed by atoms with Crippen molar-refractivity contribution in [3.8, 4) is 5.75 Å². The molecule has 3 fully saturated rings. The van der Waals surface area contributed by atoms with Crippen molar-refractivity contribution in [3.63, 3.8) is 0 Å². The number of esters is 2. The summed E-state index contributed by atoms with van der Waals surface area (Å²) in [5.41, 5.74) is -0.308. The fourth-order valence-electron chi connectivity index (χ4n) is 9.19. The van der Waals surface area contributed by atoms with Crippen LogP contribution in [0.4, 0.5) is 4.79 Å². The maximum Gasteiger partial charge on any atom is 0.408 e. The molecule has 19 heteroatoms. The first-order valence-electron chi connectivity index (χ1n) is 23.9. The fourth-order valence-corrected chi connectivity index (χ4v) is 9.19. The Kier molecular flexibility index (Phi) is 20.5. The minimum Gasteiger partial charge on any atom is -0.497 e. The molecule has 3 aliphatic rings. The molecule has 1 saturated carbocycles. The molecule has 3 N–H and O–H groups in total. The molecule has 1 aromatic rings. The van der Waals surface area contributed by atoms with E-state index in [4.69, 9.17) is 33.2 Å². The van der Waals surface area contributed by atoms with Gasteiger partial charge >= 0.3 is 18.0 Å². The van der Waals surface area contributed by atoms with Crippen LogP contribution in [0.2, 0.25) is 0 Å². The number of likely N-dealkylation sites (N-methyl/N-ethyl adjacent to an activating group) is 1. The summed E-state index contributed by atoms with van der Waals surface area (Å²) in [7, 11) is 5.83. The van der Waals surface area contributed by atoms with Crippen LogP contribution < -0.4 is 20.7 Å². The lowest BCUT2D eigenvalue weighted by Gasteiger charge is -2.39. The van der Waals surface area contributed by atoms with E-state index in [0.717, 1.165) is 0 Å².